The first-order chi connectivity index (χ1) is 9.84. The third kappa shape index (κ3) is 6.09. The molecule has 0 aromatic heterocycles. The van der Waals surface area contributed by atoms with Crippen LogP contribution < -0.4 is 10.1 Å². The standard InChI is InChI=1S/C15H23ClN2O2/c16-14-2-4-15(5-3-14)20-12-1-11-19-13-10-18-8-6-17-7-9-18/h2-5,17H,1,6-13H2. The Morgan fingerprint density at radius 3 is 2.55 bits per heavy atom. The summed E-state index contributed by atoms with van der Waals surface area (Å²) in [5.41, 5.74) is 0. The number of halogens is 1. The molecule has 1 heterocycles. The SMILES string of the molecule is Clc1ccc(OCCCOCCN2CCNCC2)cc1. The van der Waals surface area contributed by atoms with Crippen LogP contribution in [0.2, 0.25) is 5.02 Å². The second-order valence-corrected chi connectivity index (χ2v) is 5.30. The number of nitrogens with zero attached hydrogens (tertiary/aromatic N) is 1. The van der Waals surface area contributed by atoms with E-state index in [0.717, 1.165) is 63.1 Å². The van der Waals surface area contributed by atoms with E-state index in [1.807, 2.05) is 24.3 Å². The Bertz CT molecular complexity index is 367. The average Bonchev–Trinajstić information content (AvgIpc) is 2.49. The number of benzene rings is 1. The van der Waals surface area contributed by atoms with Gasteiger partial charge in [-0.05, 0) is 24.3 Å². The number of hydrogen-bond acceptors (Lipinski definition) is 4. The maximum absolute atomic E-state index is 5.81. The third-order valence-electron chi connectivity index (χ3n) is 3.28. The Balaban J connectivity index is 1.44. The summed E-state index contributed by atoms with van der Waals surface area (Å²) >= 11 is 5.81. The van der Waals surface area contributed by atoms with Gasteiger partial charge in [0.15, 0.2) is 0 Å². The molecule has 0 spiro atoms. The first-order valence-corrected chi connectivity index (χ1v) is 7.61. The van der Waals surface area contributed by atoms with Crippen molar-refractivity contribution in [2.45, 2.75) is 6.42 Å². The second-order valence-electron chi connectivity index (χ2n) is 4.86. The number of hydrogen-bond donors (Lipinski definition) is 1. The molecule has 0 aliphatic carbocycles. The van der Waals surface area contributed by atoms with Gasteiger partial charge in [0.1, 0.15) is 5.75 Å². The summed E-state index contributed by atoms with van der Waals surface area (Å²) in [4.78, 5) is 2.43. The first-order valence-electron chi connectivity index (χ1n) is 7.24. The van der Waals surface area contributed by atoms with Gasteiger partial charge in [-0.3, -0.25) is 4.90 Å². The molecule has 0 radical (unpaired) electrons. The monoisotopic (exact) mass is 298 g/mol. The maximum atomic E-state index is 5.81. The quantitative estimate of drug-likeness (QED) is 0.745. The molecule has 2 rings (SSSR count). The summed E-state index contributed by atoms with van der Waals surface area (Å²) in [5, 5.41) is 4.07. The highest BCUT2D eigenvalue weighted by Gasteiger charge is 2.08. The molecule has 1 aromatic rings. The summed E-state index contributed by atoms with van der Waals surface area (Å²) in [6, 6.07) is 7.43. The Morgan fingerprint density at radius 1 is 1.05 bits per heavy atom. The molecule has 1 aliphatic rings. The van der Waals surface area contributed by atoms with E-state index in [0.29, 0.717) is 6.61 Å². The fraction of sp³-hybridized carbons (Fsp3) is 0.600. The van der Waals surface area contributed by atoms with E-state index in [1.54, 1.807) is 0 Å². The summed E-state index contributed by atoms with van der Waals surface area (Å²) in [6.07, 6.45) is 0.907. The molecule has 1 fully saturated rings. The number of ether oxygens (including phenoxy) is 2. The summed E-state index contributed by atoms with van der Waals surface area (Å²) in [6.45, 7) is 7.70. The van der Waals surface area contributed by atoms with Crippen LogP contribution >= 0.6 is 11.6 Å². The molecule has 1 aliphatic heterocycles. The predicted octanol–water partition coefficient (Wildman–Crippen LogP) is 2.03. The van der Waals surface area contributed by atoms with Crippen LogP contribution in [0.5, 0.6) is 5.75 Å². The zero-order chi connectivity index (χ0) is 14.0. The molecule has 4 nitrogen and oxygen atoms in total. The first kappa shape index (κ1) is 15.6. The molecule has 1 saturated heterocycles. The summed E-state index contributed by atoms with van der Waals surface area (Å²) < 4.78 is 11.2. The van der Waals surface area contributed by atoms with E-state index < -0.39 is 0 Å². The molecule has 20 heavy (non-hydrogen) atoms. The predicted molar refractivity (Wildman–Crippen MR) is 81.7 cm³/mol. The fourth-order valence-corrected chi connectivity index (χ4v) is 2.24. The van der Waals surface area contributed by atoms with Crippen LogP contribution in [0.4, 0.5) is 0 Å². The average molecular weight is 299 g/mol. The van der Waals surface area contributed by atoms with Crippen molar-refractivity contribution in [2.24, 2.45) is 0 Å². The number of piperazine rings is 1. The van der Waals surface area contributed by atoms with Gasteiger partial charge in [0, 0.05) is 50.8 Å². The van der Waals surface area contributed by atoms with Crippen molar-refractivity contribution in [3.05, 3.63) is 29.3 Å². The third-order valence-corrected chi connectivity index (χ3v) is 3.53. The van der Waals surface area contributed by atoms with Gasteiger partial charge in [-0.1, -0.05) is 11.6 Å². The van der Waals surface area contributed by atoms with Crippen LogP contribution in [0.25, 0.3) is 0 Å². The lowest BCUT2D eigenvalue weighted by atomic mass is 10.3. The molecule has 0 amide bonds. The van der Waals surface area contributed by atoms with Gasteiger partial charge < -0.3 is 14.8 Å². The normalized spacial score (nSPS) is 16.2. The van der Waals surface area contributed by atoms with Crippen molar-refractivity contribution in [1.29, 1.82) is 0 Å². The van der Waals surface area contributed by atoms with Crippen LogP contribution in [0, 0.1) is 0 Å². The number of nitrogens with one attached hydrogen (secondary N) is 1. The van der Waals surface area contributed by atoms with Crippen LogP contribution in [-0.2, 0) is 4.74 Å². The van der Waals surface area contributed by atoms with Gasteiger partial charge in [0.25, 0.3) is 0 Å². The van der Waals surface area contributed by atoms with Crippen molar-refractivity contribution < 1.29 is 9.47 Å². The van der Waals surface area contributed by atoms with Crippen LogP contribution in [0.3, 0.4) is 0 Å². The molecule has 1 N–H and O–H groups in total. The van der Waals surface area contributed by atoms with E-state index in [4.69, 9.17) is 21.1 Å². The zero-order valence-electron chi connectivity index (χ0n) is 11.8. The van der Waals surface area contributed by atoms with Gasteiger partial charge in [-0.25, -0.2) is 0 Å². The lowest BCUT2D eigenvalue weighted by Crippen LogP contribution is -2.44. The van der Waals surface area contributed by atoms with Crippen LogP contribution in [0.1, 0.15) is 6.42 Å². The minimum absolute atomic E-state index is 0.676. The smallest absolute Gasteiger partial charge is 0.119 e. The zero-order valence-corrected chi connectivity index (χ0v) is 12.6. The van der Waals surface area contributed by atoms with Crippen molar-refractivity contribution >= 4 is 11.6 Å². The van der Waals surface area contributed by atoms with Gasteiger partial charge in [0.2, 0.25) is 0 Å². The minimum Gasteiger partial charge on any atom is -0.494 e. The molecule has 0 saturated carbocycles. The van der Waals surface area contributed by atoms with E-state index >= 15 is 0 Å². The molecule has 0 atom stereocenters. The van der Waals surface area contributed by atoms with Crippen molar-refractivity contribution in [1.82, 2.24) is 10.2 Å². The summed E-state index contributed by atoms with van der Waals surface area (Å²) in [5.74, 6) is 0.857. The lowest BCUT2D eigenvalue weighted by Gasteiger charge is -2.26. The molecule has 0 bridgehead atoms. The van der Waals surface area contributed by atoms with Crippen LogP contribution in [0.15, 0.2) is 24.3 Å². The maximum Gasteiger partial charge on any atom is 0.119 e. The Hall–Kier alpha value is -0.810. The van der Waals surface area contributed by atoms with Crippen molar-refractivity contribution in [2.75, 3.05) is 52.5 Å². The second kappa shape index (κ2) is 9.19. The van der Waals surface area contributed by atoms with Gasteiger partial charge in [0.05, 0.1) is 13.2 Å². The highest BCUT2D eigenvalue weighted by Crippen LogP contribution is 2.15. The van der Waals surface area contributed by atoms with Crippen molar-refractivity contribution in [3.8, 4) is 5.75 Å². The molecular weight excluding hydrogens is 276 g/mol. The van der Waals surface area contributed by atoms with Gasteiger partial charge in [-0.15, -0.1) is 0 Å². The van der Waals surface area contributed by atoms with E-state index in [-0.39, 0.29) is 0 Å². The molecule has 112 valence electrons. The Kier molecular flexibility index (Phi) is 7.15. The lowest BCUT2D eigenvalue weighted by molar-refractivity contribution is 0.0901. The van der Waals surface area contributed by atoms with Gasteiger partial charge >= 0.3 is 0 Å². The highest BCUT2D eigenvalue weighted by atomic mass is 35.5. The van der Waals surface area contributed by atoms with E-state index in [2.05, 4.69) is 10.2 Å². The van der Waals surface area contributed by atoms with E-state index in [1.165, 1.54) is 0 Å². The van der Waals surface area contributed by atoms with Crippen molar-refractivity contribution in [3.63, 3.8) is 0 Å². The molecule has 5 heteroatoms. The molecular formula is C15H23ClN2O2. The minimum atomic E-state index is 0.676. The summed E-state index contributed by atoms with van der Waals surface area (Å²) in [7, 11) is 0. The van der Waals surface area contributed by atoms with Crippen LogP contribution in [-0.4, -0.2) is 57.4 Å². The molecule has 1 aromatic carbocycles. The largest absolute Gasteiger partial charge is 0.494 e. The van der Waals surface area contributed by atoms with E-state index in [9.17, 15) is 0 Å². The Morgan fingerprint density at radius 2 is 1.80 bits per heavy atom. The molecule has 0 unspecified atom stereocenters. The fourth-order valence-electron chi connectivity index (χ4n) is 2.11. The Labute approximate surface area is 126 Å². The topological polar surface area (TPSA) is 33.7 Å². The number of rotatable bonds is 8. The van der Waals surface area contributed by atoms with Gasteiger partial charge in [-0.2, -0.15) is 0 Å². The highest BCUT2D eigenvalue weighted by molar-refractivity contribution is 6.30.